The molecule has 1 fully saturated rings. The number of rotatable bonds is 1. The maximum Gasteiger partial charge on any atom is 0.330 e. The van der Waals surface area contributed by atoms with Gasteiger partial charge in [0.2, 0.25) is 0 Å². The fraction of sp³-hybridized carbons (Fsp3) is 0.667. The van der Waals surface area contributed by atoms with Gasteiger partial charge in [0, 0.05) is 11.7 Å². The number of carboxylic acid groups (broad SMARTS) is 1. The molecule has 1 aliphatic carbocycles. The number of nitrogens with one attached hydrogen (secondary N) is 1. The van der Waals surface area contributed by atoms with E-state index in [2.05, 4.69) is 5.32 Å². The number of carbonyl (C=O) groups is 1. The number of carboxylic acids is 1. The molecule has 0 aromatic carbocycles. The second-order valence-corrected chi connectivity index (χ2v) is 3.93. The Hall–Kier alpha value is -1.03. The van der Waals surface area contributed by atoms with Crippen LogP contribution in [0.25, 0.3) is 0 Å². The van der Waals surface area contributed by atoms with Gasteiger partial charge in [-0.1, -0.05) is 0 Å². The topological polar surface area (TPSA) is 52.6 Å². The lowest BCUT2D eigenvalue weighted by molar-refractivity contribution is -0.142. The van der Waals surface area contributed by atoms with E-state index in [1.54, 1.807) is 0 Å². The highest BCUT2D eigenvalue weighted by Gasteiger charge is 2.49. The van der Waals surface area contributed by atoms with Crippen molar-refractivity contribution in [3.63, 3.8) is 0 Å². The molecule has 2 heterocycles. The summed E-state index contributed by atoms with van der Waals surface area (Å²) >= 11 is 0. The SMILES string of the molecule is O=C(O)C1C2=C3C(CCC2)NCN31. The van der Waals surface area contributed by atoms with Gasteiger partial charge in [-0.15, -0.1) is 0 Å². The molecule has 0 spiro atoms. The monoisotopic (exact) mass is 180 g/mol. The summed E-state index contributed by atoms with van der Waals surface area (Å²) in [5.41, 5.74) is 2.47. The normalized spacial score (nSPS) is 35.8. The average molecular weight is 180 g/mol. The van der Waals surface area contributed by atoms with Crippen molar-refractivity contribution in [2.75, 3.05) is 6.67 Å². The number of nitrogens with zero attached hydrogens (tertiary/aromatic N) is 1. The van der Waals surface area contributed by atoms with E-state index >= 15 is 0 Å². The van der Waals surface area contributed by atoms with Crippen LogP contribution in [0, 0.1) is 0 Å². The molecule has 3 aliphatic rings. The molecule has 2 atom stereocenters. The van der Waals surface area contributed by atoms with Gasteiger partial charge < -0.3 is 10.0 Å². The van der Waals surface area contributed by atoms with Gasteiger partial charge in [-0.2, -0.15) is 0 Å². The highest BCUT2D eigenvalue weighted by atomic mass is 16.4. The first kappa shape index (κ1) is 7.38. The first-order valence-electron chi connectivity index (χ1n) is 4.75. The summed E-state index contributed by atoms with van der Waals surface area (Å²) < 4.78 is 0. The smallest absolute Gasteiger partial charge is 0.330 e. The largest absolute Gasteiger partial charge is 0.479 e. The van der Waals surface area contributed by atoms with Gasteiger partial charge in [0.25, 0.3) is 0 Å². The molecule has 0 aromatic heterocycles. The van der Waals surface area contributed by atoms with Gasteiger partial charge in [-0.25, -0.2) is 4.79 Å². The standard InChI is InChI=1S/C9H12N2O2/c12-9(13)8-5-2-1-3-6-7(5)11(8)4-10-6/h6,8,10H,1-4H2,(H,12,13). The highest BCUT2D eigenvalue weighted by molar-refractivity contribution is 5.81. The number of hydrogen-bond donors (Lipinski definition) is 2. The van der Waals surface area contributed by atoms with Crippen LogP contribution in [0.3, 0.4) is 0 Å². The van der Waals surface area contributed by atoms with Crippen molar-refractivity contribution >= 4 is 5.97 Å². The van der Waals surface area contributed by atoms with Gasteiger partial charge in [0.1, 0.15) is 0 Å². The third-order valence-electron chi connectivity index (χ3n) is 3.29. The minimum atomic E-state index is -0.692. The summed E-state index contributed by atoms with van der Waals surface area (Å²) in [5.74, 6) is -0.692. The molecule has 13 heavy (non-hydrogen) atoms. The Morgan fingerprint density at radius 2 is 2.46 bits per heavy atom. The second-order valence-electron chi connectivity index (χ2n) is 3.93. The van der Waals surface area contributed by atoms with Crippen LogP contribution >= 0.6 is 0 Å². The Morgan fingerprint density at radius 3 is 3.23 bits per heavy atom. The fourth-order valence-corrected chi connectivity index (χ4v) is 2.77. The molecule has 1 saturated heterocycles. The molecule has 0 saturated carbocycles. The van der Waals surface area contributed by atoms with Crippen LogP contribution in [-0.4, -0.2) is 34.7 Å². The summed E-state index contributed by atoms with van der Waals surface area (Å²) in [5, 5.41) is 12.3. The fourth-order valence-electron chi connectivity index (χ4n) is 2.77. The van der Waals surface area contributed by atoms with E-state index in [1.165, 1.54) is 17.7 Å². The van der Waals surface area contributed by atoms with Crippen molar-refractivity contribution in [1.82, 2.24) is 10.2 Å². The third kappa shape index (κ3) is 0.765. The predicted octanol–water partition coefficient (Wildman–Crippen LogP) is 0.122. The summed E-state index contributed by atoms with van der Waals surface area (Å²) in [7, 11) is 0. The molecule has 2 N–H and O–H groups in total. The molecule has 2 aliphatic heterocycles. The van der Waals surface area contributed by atoms with Crippen LogP contribution in [0.4, 0.5) is 0 Å². The quantitative estimate of drug-likeness (QED) is 0.602. The zero-order chi connectivity index (χ0) is 9.00. The molecule has 4 heteroatoms. The summed E-state index contributed by atoms with van der Waals surface area (Å²) in [4.78, 5) is 12.9. The molecular weight excluding hydrogens is 168 g/mol. The van der Waals surface area contributed by atoms with Crippen molar-refractivity contribution < 1.29 is 9.90 Å². The molecule has 2 unspecified atom stereocenters. The molecule has 0 aromatic rings. The van der Waals surface area contributed by atoms with E-state index < -0.39 is 5.97 Å². The summed E-state index contributed by atoms with van der Waals surface area (Å²) in [6, 6.07) is 0.146. The average Bonchev–Trinajstić information content (AvgIpc) is 2.43. The van der Waals surface area contributed by atoms with E-state index in [-0.39, 0.29) is 6.04 Å². The summed E-state index contributed by atoms with van der Waals surface area (Å²) in [6.07, 6.45) is 3.29. The van der Waals surface area contributed by atoms with Gasteiger partial charge >= 0.3 is 5.97 Å². The molecule has 70 valence electrons. The lowest BCUT2D eigenvalue weighted by Gasteiger charge is -2.43. The predicted molar refractivity (Wildman–Crippen MR) is 45.9 cm³/mol. The van der Waals surface area contributed by atoms with Crippen molar-refractivity contribution in [1.29, 1.82) is 0 Å². The van der Waals surface area contributed by atoms with Crippen LogP contribution in [0.15, 0.2) is 11.3 Å². The first-order valence-corrected chi connectivity index (χ1v) is 4.75. The Labute approximate surface area is 76.2 Å². The maximum absolute atomic E-state index is 10.9. The highest BCUT2D eigenvalue weighted by Crippen LogP contribution is 2.43. The van der Waals surface area contributed by atoms with E-state index in [0.717, 1.165) is 19.5 Å². The molecule has 4 nitrogen and oxygen atoms in total. The Morgan fingerprint density at radius 1 is 1.62 bits per heavy atom. The van der Waals surface area contributed by atoms with Crippen LogP contribution in [0.5, 0.6) is 0 Å². The molecule has 0 radical (unpaired) electrons. The van der Waals surface area contributed by atoms with Crippen LogP contribution in [0.2, 0.25) is 0 Å². The molecule has 0 amide bonds. The van der Waals surface area contributed by atoms with E-state index in [9.17, 15) is 4.79 Å². The van der Waals surface area contributed by atoms with Crippen LogP contribution < -0.4 is 5.32 Å². The van der Waals surface area contributed by atoms with Crippen molar-refractivity contribution in [2.24, 2.45) is 0 Å². The minimum absolute atomic E-state index is 0.312. The molecule has 3 rings (SSSR count). The molecule has 0 bridgehead atoms. The van der Waals surface area contributed by atoms with E-state index in [4.69, 9.17) is 5.11 Å². The Balaban J connectivity index is 2.00. The Bertz CT molecular complexity index is 311. The Kier molecular flexibility index (Phi) is 1.28. The number of hydrogen-bond acceptors (Lipinski definition) is 3. The van der Waals surface area contributed by atoms with E-state index in [1.807, 2.05) is 4.90 Å². The van der Waals surface area contributed by atoms with Gasteiger partial charge in [-0.3, -0.25) is 5.32 Å². The second kappa shape index (κ2) is 2.26. The maximum atomic E-state index is 10.9. The van der Waals surface area contributed by atoms with E-state index in [0.29, 0.717) is 6.04 Å². The van der Waals surface area contributed by atoms with Crippen molar-refractivity contribution in [2.45, 2.75) is 31.3 Å². The minimum Gasteiger partial charge on any atom is -0.479 e. The van der Waals surface area contributed by atoms with Crippen molar-refractivity contribution in [3.8, 4) is 0 Å². The third-order valence-corrected chi connectivity index (χ3v) is 3.29. The van der Waals surface area contributed by atoms with Crippen LogP contribution in [-0.2, 0) is 4.79 Å². The molecular formula is C9H12N2O2. The summed E-state index contributed by atoms with van der Waals surface area (Å²) in [6.45, 7) is 0.723. The lowest BCUT2D eigenvalue weighted by atomic mass is 9.82. The number of aliphatic carboxylic acids is 1. The van der Waals surface area contributed by atoms with Gasteiger partial charge in [0.15, 0.2) is 6.04 Å². The lowest BCUT2D eigenvalue weighted by Crippen LogP contribution is -2.50. The first-order chi connectivity index (χ1) is 6.29. The van der Waals surface area contributed by atoms with Gasteiger partial charge in [-0.05, 0) is 24.8 Å². The van der Waals surface area contributed by atoms with Gasteiger partial charge in [0.05, 0.1) is 6.67 Å². The van der Waals surface area contributed by atoms with Crippen LogP contribution in [0.1, 0.15) is 19.3 Å². The zero-order valence-corrected chi connectivity index (χ0v) is 7.29. The van der Waals surface area contributed by atoms with Crippen molar-refractivity contribution in [3.05, 3.63) is 11.3 Å². The zero-order valence-electron chi connectivity index (χ0n) is 7.29.